The van der Waals surface area contributed by atoms with Crippen molar-refractivity contribution in [1.82, 2.24) is 24.9 Å². The molecule has 0 spiro atoms. The number of likely N-dealkylation sites (tertiary alicyclic amines) is 1. The Labute approximate surface area is 191 Å². The second kappa shape index (κ2) is 8.31. The van der Waals surface area contributed by atoms with Crippen molar-refractivity contribution in [2.24, 2.45) is 0 Å². The molecule has 10 heteroatoms. The van der Waals surface area contributed by atoms with Crippen LogP contribution in [-0.2, 0) is 9.59 Å². The standard InChI is InChI=1S/C23H28FN5O4/c1-14(30)26-8-7-18(17(24)12-26)25-22(32)27-9-10-28-20(13-27)21(31)29(23(28)33)19-11-16(19)15-5-3-2-4-6-15/h2-6,16-20H,7-13H2,1H3,(H,25,32)/t16-,17-,18+,19+,20+/m1/s1. The molecule has 0 unspecified atom stereocenters. The predicted octanol–water partition coefficient (Wildman–Crippen LogP) is 1.16. The van der Waals surface area contributed by atoms with E-state index >= 15 is 0 Å². The van der Waals surface area contributed by atoms with E-state index in [0.29, 0.717) is 13.0 Å². The van der Waals surface area contributed by atoms with Crippen LogP contribution in [0.5, 0.6) is 0 Å². The SMILES string of the molecule is CC(=O)N1CC[C@H](NC(=O)N2CCN3C(=O)N([C@H]4C[C@@H]4c4ccccc4)C(=O)[C@@H]3C2)[C@H](F)C1. The summed E-state index contributed by atoms with van der Waals surface area (Å²) in [4.78, 5) is 56.2. The van der Waals surface area contributed by atoms with Gasteiger partial charge in [-0.25, -0.2) is 14.0 Å². The van der Waals surface area contributed by atoms with Gasteiger partial charge in [0.15, 0.2) is 0 Å². The van der Waals surface area contributed by atoms with E-state index in [-0.39, 0.29) is 56.0 Å². The van der Waals surface area contributed by atoms with E-state index in [1.807, 2.05) is 30.3 Å². The van der Waals surface area contributed by atoms with Crippen molar-refractivity contribution in [3.05, 3.63) is 35.9 Å². The van der Waals surface area contributed by atoms with Crippen LogP contribution in [0.3, 0.4) is 0 Å². The highest BCUT2D eigenvalue weighted by molar-refractivity contribution is 6.05. The van der Waals surface area contributed by atoms with Crippen LogP contribution in [0.2, 0.25) is 0 Å². The Morgan fingerprint density at radius 2 is 1.79 bits per heavy atom. The largest absolute Gasteiger partial charge is 0.340 e. The van der Waals surface area contributed by atoms with Gasteiger partial charge in [0.25, 0.3) is 5.91 Å². The van der Waals surface area contributed by atoms with Crippen molar-refractivity contribution in [2.75, 3.05) is 32.7 Å². The number of hydrogen-bond donors (Lipinski definition) is 1. The minimum Gasteiger partial charge on any atom is -0.340 e. The Bertz CT molecular complexity index is 975. The van der Waals surface area contributed by atoms with Crippen LogP contribution in [0.15, 0.2) is 30.3 Å². The number of alkyl halides is 1. The lowest BCUT2D eigenvalue weighted by Crippen LogP contribution is -2.60. The lowest BCUT2D eigenvalue weighted by molar-refractivity contribution is -0.131. The zero-order chi connectivity index (χ0) is 23.3. The zero-order valence-electron chi connectivity index (χ0n) is 18.5. The average Bonchev–Trinajstić information content (AvgIpc) is 3.56. The van der Waals surface area contributed by atoms with Gasteiger partial charge in [-0.15, -0.1) is 0 Å². The lowest BCUT2D eigenvalue weighted by Gasteiger charge is -2.38. The molecule has 176 valence electrons. The number of nitrogens with zero attached hydrogens (tertiary/aromatic N) is 4. The minimum atomic E-state index is -1.34. The molecule has 0 aromatic heterocycles. The summed E-state index contributed by atoms with van der Waals surface area (Å²) in [6.45, 7) is 2.40. The normalized spacial score (nSPS) is 31.5. The smallest absolute Gasteiger partial charge is 0.327 e. The van der Waals surface area contributed by atoms with Gasteiger partial charge in [-0.3, -0.25) is 14.5 Å². The van der Waals surface area contributed by atoms with Crippen LogP contribution >= 0.6 is 0 Å². The molecule has 1 saturated carbocycles. The maximum Gasteiger partial charge on any atom is 0.327 e. The fraction of sp³-hybridized carbons (Fsp3) is 0.565. The molecular formula is C23H28FN5O4. The maximum atomic E-state index is 14.5. The first-order valence-corrected chi connectivity index (χ1v) is 11.5. The molecule has 33 heavy (non-hydrogen) atoms. The summed E-state index contributed by atoms with van der Waals surface area (Å²) in [6.07, 6.45) is -0.255. The molecule has 1 aromatic carbocycles. The van der Waals surface area contributed by atoms with Crippen molar-refractivity contribution in [3.63, 3.8) is 0 Å². The number of piperidine rings is 1. The van der Waals surface area contributed by atoms with Crippen molar-refractivity contribution in [3.8, 4) is 0 Å². The molecule has 9 nitrogen and oxygen atoms in total. The number of carbonyl (C=O) groups is 4. The molecular weight excluding hydrogens is 429 g/mol. The summed E-state index contributed by atoms with van der Waals surface area (Å²) >= 11 is 0. The second-order valence-corrected chi connectivity index (χ2v) is 9.29. The number of carbonyl (C=O) groups excluding carboxylic acids is 4. The highest BCUT2D eigenvalue weighted by atomic mass is 19.1. The number of benzene rings is 1. The predicted molar refractivity (Wildman–Crippen MR) is 116 cm³/mol. The minimum absolute atomic E-state index is 0.0391. The molecule has 5 atom stereocenters. The van der Waals surface area contributed by atoms with E-state index in [1.54, 1.807) is 4.90 Å². The van der Waals surface area contributed by atoms with Gasteiger partial charge in [-0.2, -0.15) is 0 Å². The molecule has 1 aliphatic carbocycles. The van der Waals surface area contributed by atoms with Gasteiger partial charge in [-0.05, 0) is 18.4 Å². The molecule has 0 bridgehead atoms. The molecule has 3 saturated heterocycles. The highest BCUT2D eigenvalue weighted by Gasteiger charge is 2.56. The molecule has 0 radical (unpaired) electrons. The summed E-state index contributed by atoms with van der Waals surface area (Å²) in [5.74, 6) is -0.293. The van der Waals surface area contributed by atoms with E-state index in [1.165, 1.54) is 21.6 Å². The summed E-state index contributed by atoms with van der Waals surface area (Å²) in [7, 11) is 0. The molecule has 6 amide bonds. The van der Waals surface area contributed by atoms with Crippen molar-refractivity contribution in [2.45, 2.75) is 50.0 Å². The van der Waals surface area contributed by atoms with Gasteiger partial charge in [0, 0.05) is 38.5 Å². The van der Waals surface area contributed by atoms with Crippen molar-refractivity contribution >= 4 is 23.9 Å². The van der Waals surface area contributed by atoms with Crippen LogP contribution in [0, 0.1) is 0 Å². The van der Waals surface area contributed by atoms with Gasteiger partial charge >= 0.3 is 12.1 Å². The first kappa shape index (κ1) is 21.7. The third kappa shape index (κ3) is 3.91. The van der Waals surface area contributed by atoms with Gasteiger partial charge in [-0.1, -0.05) is 30.3 Å². The van der Waals surface area contributed by atoms with E-state index < -0.39 is 24.3 Å². The lowest BCUT2D eigenvalue weighted by atomic mass is 10.0. The molecule has 1 N–H and O–H groups in total. The number of nitrogens with one attached hydrogen (secondary N) is 1. The van der Waals surface area contributed by atoms with Crippen molar-refractivity contribution < 1.29 is 23.6 Å². The van der Waals surface area contributed by atoms with Crippen LogP contribution in [0.25, 0.3) is 0 Å². The zero-order valence-corrected chi connectivity index (χ0v) is 18.5. The molecule has 5 rings (SSSR count). The molecule has 3 aliphatic heterocycles. The van der Waals surface area contributed by atoms with Crippen LogP contribution < -0.4 is 5.32 Å². The molecule has 4 fully saturated rings. The van der Waals surface area contributed by atoms with E-state index in [9.17, 15) is 23.6 Å². The first-order chi connectivity index (χ1) is 15.8. The molecule has 1 aromatic rings. The van der Waals surface area contributed by atoms with Gasteiger partial charge in [0.05, 0.1) is 19.1 Å². The van der Waals surface area contributed by atoms with Crippen LogP contribution in [-0.4, -0.2) is 100 Å². The highest BCUT2D eigenvalue weighted by Crippen LogP contribution is 2.46. The quantitative estimate of drug-likeness (QED) is 0.690. The summed E-state index contributed by atoms with van der Waals surface area (Å²) in [5.41, 5.74) is 1.12. The number of rotatable bonds is 3. The Balaban J connectivity index is 1.20. The Morgan fingerprint density at radius 1 is 1.03 bits per heavy atom. The van der Waals surface area contributed by atoms with E-state index in [2.05, 4.69) is 5.32 Å². The Morgan fingerprint density at radius 3 is 2.48 bits per heavy atom. The topological polar surface area (TPSA) is 93.3 Å². The first-order valence-electron chi connectivity index (χ1n) is 11.5. The summed E-state index contributed by atoms with van der Waals surface area (Å²) < 4.78 is 14.5. The summed E-state index contributed by atoms with van der Waals surface area (Å²) in [6, 6.07) is 7.61. The van der Waals surface area contributed by atoms with Gasteiger partial charge in [0.2, 0.25) is 5.91 Å². The summed E-state index contributed by atoms with van der Waals surface area (Å²) in [5, 5.41) is 2.72. The van der Waals surface area contributed by atoms with Gasteiger partial charge in [0.1, 0.15) is 12.2 Å². The van der Waals surface area contributed by atoms with E-state index in [0.717, 1.165) is 12.0 Å². The third-order valence-electron chi connectivity index (χ3n) is 7.25. The Hall–Kier alpha value is -3.17. The fourth-order valence-corrected chi connectivity index (χ4v) is 5.23. The maximum absolute atomic E-state index is 14.5. The number of piperazine rings is 1. The van der Waals surface area contributed by atoms with Gasteiger partial charge < -0.3 is 20.0 Å². The molecule has 3 heterocycles. The number of amides is 6. The number of hydrogen-bond acceptors (Lipinski definition) is 4. The Kier molecular flexibility index (Phi) is 5.46. The third-order valence-corrected chi connectivity index (χ3v) is 7.25. The number of fused-ring (bicyclic) bond motifs is 1. The number of imide groups is 1. The number of urea groups is 2. The second-order valence-electron chi connectivity index (χ2n) is 9.29. The fourth-order valence-electron chi connectivity index (χ4n) is 5.23. The monoisotopic (exact) mass is 457 g/mol. The van der Waals surface area contributed by atoms with Crippen molar-refractivity contribution in [1.29, 1.82) is 0 Å². The number of halogens is 1. The average molecular weight is 458 g/mol. The van der Waals surface area contributed by atoms with Crippen LogP contribution in [0.1, 0.15) is 31.2 Å². The van der Waals surface area contributed by atoms with E-state index in [4.69, 9.17) is 0 Å². The van der Waals surface area contributed by atoms with Crippen LogP contribution in [0.4, 0.5) is 14.0 Å². The molecule has 4 aliphatic rings.